The lowest BCUT2D eigenvalue weighted by atomic mass is 10.1. The molecular weight excluding hydrogens is 345 g/mol. The van der Waals surface area contributed by atoms with Crippen LogP contribution in [0.3, 0.4) is 0 Å². The zero-order valence-electron chi connectivity index (χ0n) is 14.5. The lowest BCUT2D eigenvalue weighted by molar-refractivity contribution is -0.121. The van der Waals surface area contributed by atoms with E-state index in [0.29, 0.717) is 6.54 Å². The highest BCUT2D eigenvalue weighted by molar-refractivity contribution is 5.92. The number of nitrogens with zero attached hydrogens (tertiary/aromatic N) is 1. The standard InChI is InChI=1S/C19H19F3N2O2/c1-12-5-3-4-6-14(12)11-23-17(26)9-10-24(13(2)25)16-8-7-15(20)18(21)19(16)22/h3-8H,9-11H2,1-2H3,(H,23,26). The molecule has 0 saturated heterocycles. The first-order chi connectivity index (χ1) is 12.3. The van der Waals surface area contributed by atoms with Crippen molar-refractivity contribution in [2.75, 3.05) is 11.4 Å². The van der Waals surface area contributed by atoms with E-state index in [-0.39, 0.29) is 18.9 Å². The summed E-state index contributed by atoms with van der Waals surface area (Å²) in [7, 11) is 0. The number of hydrogen-bond donors (Lipinski definition) is 1. The molecule has 0 saturated carbocycles. The lowest BCUT2D eigenvalue weighted by Crippen LogP contribution is -2.34. The third-order valence-corrected chi connectivity index (χ3v) is 3.99. The summed E-state index contributed by atoms with van der Waals surface area (Å²) in [6.45, 7) is 3.25. The highest BCUT2D eigenvalue weighted by atomic mass is 19.2. The molecule has 2 amide bonds. The van der Waals surface area contributed by atoms with Crippen LogP contribution in [-0.4, -0.2) is 18.4 Å². The minimum Gasteiger partial charge on any atom is -0.352 e. The van der Waals surface area contributed by atoms with Gasteiger partial charge in [0.1, 0.15) is 0 Å². The molecule has 0 atom stereocenters. The molecular formula is C19H19F3N2O2. The predicted molar refractivity (Wildman–Crippen MR) is 92.0 cm³/mol. The van der Waals surface area contributed by atoms with E-state index in [1.54, 1.807) is 0 Å². The average Bonchev–Trinajstić information content (AvgIpc) is 2.60. The highest BCUT2D eigenvalue weighted by Gasteiger charge is 2.21. The van der Waals surface area contributed by atoms with Crippen LogP contribution >= 0.6 is 0 Å². The van der Waals surface area contributed by atoms with Crippen LogP contribution in [0.4, 0.5) is 18.9 Å². The molecule has 0 aliphatic carbocycles. The normalized spacial score (nSPS) is 10.5. The molecule has 7 heteroatoms. The molecule has 4 nitrogen and oxygen atoms in total. The number of benzene rings is 2. The Balaban J connectivity index is 2.01. The summed E-state index contributed by atoms with van der Waals surface area (Å²) in [5.41, 5.74) is 1.58. The van der Waals surface area contributed by atoms with Crippen LogP contribution in [0.15, 0.2) is 36.4 Å². The van der Waals surface area contributed by atoms with Crippen molar-refractivity contribution in [2.45, 2.75) is 26.8 Å². The SMILES string of the molecule is CC(=O)N(CCC(=O)NCc1ccccc1C)c1ccc(F)c(F)c1F. The topological polar surface area (TPSA) is 49.4 Å². The van der Waals surface area contributed by atoms with Crippen molar-refractivity contribution in [3.05, 3.63) is 65.0 Å². The first-order valence-electron chi connectivity index (χ1n) is 8.04. The molecule has 0 bridgehead atoms. The first-order valence-corrected chi connectivity index (χ1v) is 8.04. The number of aryl methyl sites for hydroxylation is 1. The second-order valence-electron chi connectivity index (χ2n) is 5.82. The summed E-state index contributed by atoms with van der Waals surface area (Å²) in [6, 6.07) is 9.26. The molecule has 0 aliphatic heterocycles. The van der Waals surface area contributed by atoms with E-state index in [1.807, 2.05) is 31.2 Å². The Hall–Kier alpha value is -2.83. The van der Waals surface area contributed by atoms with Gasteiger partial charge in [0.05, 0.1) is 5.69 Å². The summed E-state index contributed by atoms with van der Waals surface area (Å²) >= 11 is 0. The maximum absolute atomic E-state index is 13.9. The molecule has 0 heterocycles. The van der Waals surface area contributed by atoms with Gasteiger partial charge < -0.3 is 10.2 Å². The number of rotatable bonds is 6. The van der Waals surface area contributed by atoms with Gasteiger partial charge in [0, 0.05) is 26.4 Å². The van der Waals surface area contributed by atoms with Crippen LogP contribution in [0.25, 0.3) is 0 Å². The highest BCUT2D eigenvalue weighted by Crippen LogP contribution is 2.24. The fourth-order valence-corrected chi connectivity index (χ4v) is 2.48. The minimum atomic E-state index is -1.65. The zero-order valence-corrected chi connectivity index (χ0v) is 14.5. The Bertz CT molecular complexity index is 824. The Morgan fingerprint density at radius 1 is 1.04 bits per heavy atom. The summed E-state index contributed by atoms with van der Waals surface area (Å²) in [5, 5.41) is 2.72. The van der Waals surface area contributed by atoms with Gasteiger partial charge in [-0.05, 0) is 30.2 Å². The van der Waals surface area contributed by atoms with E-state index < -0.39 is 29.0 Å². The number of hydrogen-bond acceptors (Lipinski definition) is 2. The van der Waals surface area contributed by atoms with Crippen LogP contribution < -0.4 is 10.2 Å². The van der Waals surface area contributed by atoms with E-state index in [0.717, 1.165) is 35.1 Å². The van der Waals surface area contributed by atoms with Gasteiger partial charge in [-0.15, -0.1) is 0 Å². The van der Waals surface area contributed by atoms with E-state index in [1.165, 1.54) is 0 Å². The molecule has 0 radical (unpaired) electrons. The van der Waals surface area contributed by atoms with Crippen molar-refractivity contribution < 1.29 is 22.8 Å². The molecule has 2 aromatic carbocycles. The van der Waals surface area contributed by atoms with Crippen molar-refractivity contribution in [2.24, 2.45) is 0 Å². The van der Waals surface area contributed by atoms with Crippen LogP contribution in [-0.2, 0) is 16.1 Å². The van der Waals surface area contributed by atoms with Gasteiger partial charge in [0.15, 0.2) is 17.5 Å². The lowest BCUT2D eigenvalue weighted by Gasteiger charge is -2.21. The summed E-state index contributed by atoms with van der Waals surface area (Å²) in [5.74, 6) is -5.38. The smallest absolute Gasteiger partial charge is 0.223 e. The Morgan fingerprint density at radius 3 is 2.38 bits per heavy atom. The Kier molecular flexibility index (Phi) is 6.38. The van der Waals surface area contributed by atoms with Gasteiger partial charge in [-0.1, -0.05) is 24.3 Å². The molecule has 26 heavy (non-hydrogen) atoms. The van der Waals surface area contributed by atoms with Gasteiger partial charge in [-0.2, -0.15) is 0 Å². The number of carbonyl (C=O) groups excluding carboxylic acids is 2. The van der Waals surface area contributed by atoms with E-state index in [2.05, 4.69) is 5.32 Å². The number of amides is 2. The van der Waals surface area contributed by atoms with Crippen LogP contribution in [0.5, 0.6) is 0 Å². The van der Waals surface area contributed by atoms with Crippen molar-refractivity contribution >= 4 is 17.5 Å². The molecule has 0 spiro atoms. The third-order valence-electron chi connectivity index (χ3n) is 3.99. The van der Waals surface area contributed by atoms with Gasteiger partial charge in [0.25, 0.3) is 0 Å². The monoisotopic (exact) mass is 364 g/mol. The van der Waals surface area contributed by atoms with Crippen molar-refractivity contribution in [3.8, 4) is 0 Å². The van der Waals surface area contributed by atoms with Gasteiger partial charge in [-0.3, -0.25) is 9.59 Å². The molecule has 0 unspecified atom stereocenters. The molecule has 0 aromatic heterocycles. The summed E-state index contributed by atoms with van der Waals surface area (Å²) in [4.78, 5) is 24.7. The van der Waals surface area contributed by atoms with E-state index in [9.17, 15) is 22.8 Å². The fraction of sp³-hybridized carbons (Fsp3) is 0.263. The second kappa shape index (κ2) is 8.51. The number of anilines is 1. The van der Waals surface area contributed by atoms with Crippen molar-refractivity contribution in [1.82, 2.24) is 5.32 Å². The largest absolute Gasteiger partial charge is 0.352 e. The zero-order chi connectivity index (χ0) is 19.3. The number of halogens is 3. The Labute approximate surface area is 149 Å². The summed E-state index contributed by atoms with van der Waals surface area (Å²) < 4.78 is 40.3. The minimum absolute atomic E-state index is 0.107. The predicted octanol–water partition coefficient (Wildman–Crippen LogP) is 3.47. The first kappa shape index (κ1) is 19.5. The van der Waals surface area contributed by atoms with Gasteiger partial charge in [-0.25, -0.2) is 13.2 Å². The molecule has 2 aromatic rings. The van der Waals surface area contributed by atoms with Gasteiger partial charge >= 0.3 is 0 Å². The quantitative estimate of drug-likeness (QED) is 0.798. The fourth-order valence-electron chi connectivity index (χ4n) is 2.48. The number of carbonyl (C=O) groups is 2. The van der Waals surface area contributed by atoms with Gasteiger partial charge in [0.2, 0.25) is 11.8 Å². The van der Waals surface area contributed by atoms with E-state index in [4.69, 9.17) is 0 Å². The third kappa shape index (κ3) is 4.62. The van der Waals surface area contributed by atoms with Crippen LogP contribution in [0.1, 0.15) is 24.5 Å². The summed E-state index contributed by atoms with van der Waals surface area (Å²) in [6.07, 6.45) is -0.107. The number of nitrogens with one attached hydrogen (secondary N) is 1. The molecule has 2 rings (SSSR count). The van der Waals surface area contributed by atoms with E-state index >= 15 is 0 Å². The Morgan fingerprint density at radius 2 is 1.73 bits per heavy atom. The van der Waals surface area contributed by atoms with Crippen molar-refractivity contribution in [1.29, 1.82) is 0 Å². The molecule has 0 fully saturated rings. The molecule has 138 valence electrons. The van der Waals surface area contributed by atoms with Crippen LogP contribution in [0, 0.1) is 24.4 Å². The molecule has 0 aliphatic rings. The average molecular weight is 364 g/mol. The van der Waals surface area contributed by atoms with Crippen molar-refractivity contribution in [3.63, 3.8) is 0 Å². The second-order valence-corrected chi connectivity index (χ2v) is 5.82. The maximum atomic E-state index is 13.9. The van der Waals surface area contributed by atoms with Crippen LogP contribution in [0.2, 0.25) is 0 Å². The molecule has 1 N–H and O–H groups in total. The maximum Gasteiger partial charge on any atom is 0.223 e.